The van der Waals surface area contributed by atoms with Crippen LogP contribution in [-0.2, 0) is 14.6 Å². The predicted molar refractivity (Wildman–Crippen MR) is 59.0 cm³/mol. The highest BCUT2D eigenvalue weighted by Crippen LogP contribution is 2.19. The van der Waals surface area contributed by atoms with Crippen molar-refractivity contribution in [1.82, 2.24) is 5.43 Å². The van der Waals surface area contributed by atoms with Gasteiger partial charge in [0.2, 0.25) is 0 Å². The summed E-state index contributed by atoms with van der Waals surface area (Å²) in [4.78, 5) is 0. The molecule has 0 bridgehead atoms. The van der Waals surface area contributed by atoms with E-state index < -0.39 is 9.84 Å². The summed E-state index contributed by atoms with van der Waals surface area (Å²) in [5.41, 5.74) is 2.76. The van der Waals surface area contributed by atoms with Gasteiger partial charge in [0.25, 0.3) is 0 Å². The monoisotopic (exact) mass is 236 g/mol. The molecule has 0 aliphatic carbocycles. The van der Waals surface area contributed by atoms with E-state index >= 15 is 0 Å². The van der Waals surface area contributed by atoms with E-state index in [4.69, 9.17) is 10.6 Å². The van der Waals surface area contributed by atoms with Gasteiger partial charge in [-0.3, -0.25) is 11.3 Å². The Balaban J connectivity index is 2.27. The molecule has 3 N–H and O–H groups in total. The van der Waals surface area contributed by atoms with Gasteiger partial charge in [0.1, 0.15) is 9.84 Å². The molecule has 0 saturated carbocycles. The zero-order valence-corrected chi connectivity index (χ0v) is 9.92. The molecular weight excluding hydrogens is 216 g/mol. The minimum Gasteiger partial charge on any atom is -0.381 e. The highest BCUT2D eigenvalue weighted by Gasteiger charge is 2.24. The Kier molecular flexibility index (Phi) is 4.98. The summed E-state index contributed by atoms with van der Waals surface area (Å²) >= 11 is 0. The lowest BCUT2D eigenvalue weighted by Crippen LogP contribution is -2.41. The normalized spacial score (nSPS) is 24.3. The van der Waals surface area contributed by atoms with Crippen molar-refractivity contribution in [2.75, 3.05) is 25.2 Å². The SMILES string of the molecule is CS(=O)(=O)CCCC(NN)C1CCOC1. The van der Waals surface area contributed by atoms with Crippen molar-refractivity contribution in [3.05, 3.63) is 0 Å². The molecule has 0 amide bonds. The fourth-order valence-corrected chi connectivity index (χ4v) is 2.58. The van der Waals surface area contributed by atoms with Crippen molar-refractivity contribution in [2.24, 2.45) is 11.8 Å². The van der Waals surface area contributed by atoms with Gasteiger partial charge < -0.3 is 4.74 Å². The first-order valence-electron chi connectivity index (χ1n) is 5.24. The van der Waals surface area contributed by atoms with Crippen LogP contribution in [0.5, 0.6) is 0 Å². The lowest BCUT2D eigenvalue weighted by atomic mass is 9.96. The molecule has 90 valence electrons. The van der Waals surface area contributed by atoms with Crippen LogP contribution in [0.4, 0.5) is 0 Å². The van der Waals surface area contributed by atoms with Gasteiger partial charge in [0, 0.05) is 30.6 Å². The predicted octanol–water partition coefficient (Wildman–Crippen LogP) is -0.320. The van der Waals surface area contributed by atoms with E-state index in [1.54, 1.807) is 0 Å². The zero-order valence-electron chi connectivity index (χ0n) is 9.11. The smallest absolute Gasteiger partial charge is 0.147 e. The van der Waals surface area contributed by atoms with Crippen LogP contribution < -0.4 is 11.3 Å². The molecule has 0 spiro atoms. The maximum absolute atomic E-state index is 10.9. The van der Waals surface area contributed by atoms with Crippen molar-refractivity contribution in [3.63, 3.8) is 0 Å². The molecule has 5 nitrogen and oxygen atoms in total. The van der Waals surface area contributed by atoms with Gasteiger partial charge in [-0.05, 0) is 19.3 Å². The van der Waals surface area contributed by atoms with Gasteiger partial charge in [-0.2, -0.15) is 0 Å². The third-order valence-electron chi connectivity index (χ3n) is 2.78. The van der Waals surface area contributed by atoms with Crippen molar-refractivity contribution in [1.29, 1.82) is 0 Å². The van der Waals surface area contributed by atoms with Gasteiger partial charge in [-0.25, -0.2) is 8.42 Å². The molecule has 6 heteroatoms. The summed E-state index contributed by atoms with van der Waals surface area (Å²) in [6.45, 7) is 1.52. The first-order chi connectivity index (χ1) is 7.03. The Morgan fingerprint density at radius 1 is 1.60 bits per heavy atom. The number of sulfone groups is 1. The first-order valence-corrected chi connectivity index (χ1v) is 7.30. The van der Waals surface area contributed by atoms with Crippen LogP contribution in [0.1, 0.15) is 19.3 Å². The third-order valence-corrected chi connectivity index (χ3v) is 3.81. The van der Waals surface area contributed by atoms with E-state index in [1.165, 1.54) is 6.26 Å². The molecular formula is C9H20N2O3S. The Morgan fingerprint density at radius 2 is 2.33 bits per heavy atom. The zero-order chi connectivity index (χ0) is 11.3. The summed E-state index contributed by atoms with van der Waals surface area (Å²) in [6, 6.07) is 0.175. The fraction of sp³-hybridized carbons (Fsp3) is 1.00. The molecule has 1 fully saturated rings. The molecule has 0 aromatic heterocycles. The van der Waals surface area contributed by atoms with Crippen molar-refractivity contribution >= 4 is 9.84 Å². The van der Waals surface area contributed by atoms with Crippen LogP contribution in [0.15, 0.2) is 0 Å². The quantitative estimate of drug-likeness (QED) is 0.488. The summed E-state index contributed by atoms with van der Waals surface area (Å²) < 4.78 is 27.2. The number of ether oxygens (including phenoxy) is 1. The largest absolute Gasteiger partial charge is 0.381 e. The van der Waals surface area contributed by atoms with Crippen molar-refractivity contribution < 1.29 is 13.2 Å². The highest BCUT2D eigenvalue weighted by molar-refractivity contribution is 7.90. The number of rotatable bonds is 6. The van der Waals surface area contributed by atoms with Gasteiger partial charge in [0.15, 0.2) is 0 Å². The lowest BCUT2D eigenvalue weighted by molar-refractivity contribution is 0.175. The van der Waals surface area contributed by atoms with Gasteiger partial charge in [-0.15, -0.1) is 0 Å². The Morgan fingerprint density at radius 3 is 2.80 bits per heavy atom. The molecule has 0 aromatic carbocycles. The lowest BCUT2D eigenvalue weighted by Gasteiger charge is -2.20. The van der Waals surface area contributed by atoms with Gasteiger partial charge >= 0.3 is 0 Å². The topological polar surface area (TPSA) is 81.4 Å². The molecule has 0 radical (unpaired) electrons. The second-order valence-corrected chi connectivity index (χ2v) is 6.43. The second kappa shape index (κ2) is 5.79. The summed E-state index contributed by atoms with van der Waals surface area (Å²) in [5.74, 6) is 6.11. The van der Waals surface area contributed by atoms with E-state index in [9.17, 15) is 8.42 Å². The number of hydrazine groups is 1. The molecule has 1 saturated heterocycles. The average Bonchev–Trinajstić information content (AvgIpc) is 2.63. The van der Waals surface area contributed by atoms with Crippen LogP contribution in [0.2, 0.25) is 0 Å². The van der Waals surface area contributed by atoms with E-state index in [0.29, 0.717) is 12.3 Å². The third kappa shape index (κ3) is 4.92. The van der Waals surface area contributed by atoms with Crippen LogP contribution in [0.25, 0.3) is 0 Å². The molecule has 1 rings (SSSR count). The molecule has 15 heavy (non-hydrogen) atoms. The maximum Gasteiger partial charge on any atom is 0.147 e. The standard InChI is InChI=1S/C9H20N2O3S/c1-15(12,13)6-2-3-9(11-10)8-4-5-14-7-8/h8-9,11H,2-7,10H2,1H3. The molecule has 1 heterocycles. The van der Waals surface area contributed by atoms with E-state index in [1.807, 2.05) is 0 Å². The molecule has 0 aromatic rings. The van der Waals surface area contributed by atoms with E-state index in [2.05, 4.69) is 5.43 Å². The van der Waals surface area contributed by atoms with Crippen molar-refractivity contribution in [3.8, 4) is 0 Å². The average molecular weight is 236 g/mol. The first kappa shape index (κ1) is 12.9. The number of nitrogens with one attached hydrogen (secondary N) is 1. The number of hydrogen-bond acceptors (Lipinski definition) is 5. The maximum atomic E-state index is 10.9. The summed E-state index contributed by atoms with van der Waals surface area (Å²) in [7, 11) is -2.85. The number of nitrogens with two attached hydrogens (primary N) is 1. The van der Waals surface area contributed by atoms with Crippen LogP contribution in [0.3, 0.4) is 0 Å². The van der Waals surface area contributed by atoms with E-state index in [0.717, 1.165) is 26.1 Å². The molecule has 1 aliphatic rings. The Hall–Kier alpha value is -0.170. The van der Waals surface area contributed by atoms with Gasteiger partial charge in [0.05, 0.1) is 6.61 Å². The highest BCUT2D eigenvalue weighted by atomic mass is 32.2. The number of hydrogen-bond donors (Lipinski definition) is 2. The Labute approximate surface area is 91.3 Å². The van der Waals surface area contributed by atoms with Crippen LogP contribution in [0, 0.1) is 5.92 Å². The molecule has 1 aliphatic heterocycles. The minimum atomic E-state index is -2.85. The van der Waals surface area contributed by atoms with E-state index in [-0.39, 0.29) is 11.8 Å². The molecule has 2 unspecified atom stereocenters. The fourth-order valence-electron chi connectivity index (χ4n) is 1.89. The second-order valence-electron chi connectivity index (χ2n) is 4.17. The van der Waals surface area contributed by atoms with Crippen LogP contribution >= 0.6 is 0 Å². The molecule has 2 atom stereocenters. The van der Waals surface area contributed by atoms with Gasteiger partial charge in [-0.1, -0.05) is 0 Å². The van der Waals surface area contributed by atoms with Crippen molar-refractivity contribution in [2.45, 2.75) is 25.3 Å². The van der Waals surface area contributed by atoms with Crippen LogP contribution in [-0.4, -0.2) is 39.7 Å². The summed E-state index contributed by atoms with van der Waals surface area (Å²) in [5, 5.41) is 0. The summed E-state index contributed by atoms with van der Waals surface area (Å²) in [6.07, 6.45) is 3.71. The minimum absolute atomic E-state index is 0.175. The Bertz CT molecular complexity index is 273.